The monoisotopic (exact) mass is 250 g/mol. The minimum atomic E-state index is -1.22. The lowest BCUT2D eigenvalue weighted by Crippen LogP contribution is -2.43. The van der Waals surface area contributed by atoms with Crippen LogP contribution in [0.1, 0.15) is 25.8 Å². The van der Waals surface area contributed by atoms with Gasteiger partial charge in [0.2, 0.25) is 0 Å². The second-order valence-corrected chi connectivity index (χ2v) is 5.30. The van der Waals surface area contributed by atoms with Crippen LogP contribution in [0.4, 0.5) is 0 Å². The van der Waals surface area contributed by atoms with E-state index in [1.54, 1.807) is 0 Å². The third-order valence-electron chi connectivity index (χ3n) is 3.16. The predicted molar refractivity (Wildman–Crippen MR) is 66.2 cm³/mol. The first-order chi connectivity index (χ1) is 8.44. The molecule has 1 unspecified atom stereocenters. The molecular formula is C14H18O4. The molecule has 1 atom stereocenters. The van der Waals surface area contributed by atoms with E-state index in [-0.39, 0.29) is 13.2 Å². The third kappa shape index (κ3) is 2.71. The Labute approximate surface area is 107 Å². The van der Waals surface area contributed by atoms with Crippen molar-refractivity contribution in [2.45, 2.75) is 38.1 Å². The highest BCUT2D eigenvalue weighted by Gasteiger charge is 2.51. The minimum absolute atomic E-state index is 0.0994. The van der Waals surface area contributed by atoms with Gasteiger partial charge in [-0.1, -0.05) is 30.3 Å². The van der Waals surface area contributed by atoms with Crippen LogP contribution in [0.3, 0.4) is 0 Å². The third-order valence-corrected chi connectivity index (χ3v) is 3.16. The Morgan fingerprint density at radius 1 is 1.39 bits per heavy atom. The normalized spacial score (nSPS) is 26.1. The maximum Gasteiger partial charge on any atom is 0.338 e. The molecule has 0 aliphatic carbocycles. The summed E-state index contributed by atoms with van der Waals surface area (Å²) < 4.78 is 11.1. The first kappa shape index (κ1) is 13.1. The first-order valence-corrected chi connectivity index (χ1v) is 5.99. The fourth-order valence-corrected chi connectivity index (χ4v) is 2.19. The zero-order chi connectivity index (χ0) is 13.2. The number of benzene rings is 1. The van der Waals surface area contributed by atoms with Crippen LogP contribution < -0.4 is 0 Å². The van der Waals surface area contributed by atoms with Gasteiger partial charge < -0.3 is 14.6 Å². The van der Waals surface area contributed by atoms with Gasteiger partial charge in [0.1, 0.15) is 0 Å². The maximum absolute atomic E-state index is 11.4. The number of carbonyl (C=O) groups is 1. The molecule has 0 amide bonds. The molecule has 1 aromatic carbocycles. The van der Waals surface area contributed by atoms with Crippen LogP contribution in [-0.2, 0) is 20.9 Å². The number of rotatable bonds is 4. The second kappa shape index (κ2) is 4.71. The molecule has 0 spiro atoms. The van der Waals surface area contributed by atoms with Crippen molar-refractivity contribution in [2.24, 2.45) is 0 Å². The Morgan fingerprint density at radius 3 is 2.56 bits per heavy atom. The van der Waals surface area contributed by atoms with Gasteiger partial charge in [-0.2, -0.15) is 0 Å². The number of carboxylic acid groups (broad SMARTS) is 1. The average molecular weight is 250 g/mol. The van der Waals surface area contributed by atoms with Gasteiger partial charge in [-0.25, -0.2) is 4.79 Å². The maximum atomic E-state index is 11.4. The summed E-state index contributed by atoms with van der Waals surface area (Å²) in [5.41, 5.74) is -0.711. The van der Waals surface area contributed by atoms with Crippen LogP contribution in [0.25, 0.3) is 0 Å². The quantitative estimate of drug-likeness (QED) is 0.890. The molecular weight excluding hydrogens is 232 g/mol. The molecule has 1 saturated heterocycles. The van der Waals surface area contributed by atoms with Crippen LogP contribution in [0, 0.1) is 0 Å². The second-order valence-electron chi connectivity index (χ2n) is 5.30. The average Bonchev–Trinajstić information content (AvgIpc) is 2.65. The number of ether oxygens (including phenoxy) is 2. The smallest absolute Gasteiger partial charge is 0.338 e. The van der Waals surface area contributed by atoms with Gasteiger partial charge in [0.25, 0.3) is 0 Å². The van der Waals surface area contributed by atoms with E-state index in [2.05, 4.69) is 0 Å². The molecule has 4 heteroatoms. The minimum Gasteiger partial charge on any atom is -0.479 e. The van der Waals surface area contributed by atoms with Gasteiger partial charge in [-0.3, -0.25) is 0 Å². The van der Waals surface area contributed by atoms with Crippen molar-refractivity contribution in [1.82, 2.24) is 0 Å². The molecule has 0 saturated carbocycles. The molecule has 0 aromatic heterocycles. The van der Waals surface area contributed by atoms with Gasteiger partial charge in [0.15, 0.2) is 5.60 Å². The number of aliphatic carboxylic acids is 1. The summed E-state index contributed by atoms with van der Waals surface area (Å²) in [7, 11) is 0. The largest absolute Gasteiger partial charge is 0.479 e. The van der Waals surface area contributed by atoms with Crippen LogP contribution in [0.2, 0.25) is 0 Å². The van der Waals surface area contributed by atoms with Gasteiger partial charge in [0, 0.05) is 6.42 Å². The molecule has 1 heterocycles. The summed E-state index contributed by atoms with van der Waals surface area (Å²) in [5, 5.41) is 9.37. The van der Waals surface area contributed by atoms with Crippen molar-refractivity contribution in [3.05, 3.63) is 35.9 Å². The highest BCUT2D eigenvalue weighted by atomic mass is 16.6. The van der Waals surface area contributed by atoms with Crippen molar-refractivity contribution in [1.29, 1.82) is 0 Å². The van der Waals surface area contributed by atoms with Crippen molar-refractivity contribution in [3.8, 4) is 0 Å². The van der Waals surface area contributed by atoms with Gasteiger partial charge in [-0.15, -0.1) is 0 Å². The molecule has 2 rings (SSSR count). The fourth-order valence-electron chi connectivity index (χ4n) is 2.19. The Morgan fingerprint density at radius 2 is 2.06 bits per heavy atom. The highest BCUT2D eigenvalue weighted by molar-refractivity contribution is 5.78. The van der Waals surface area contributed by atoms with Crippen molar-refractivity contribution in [2.75, 3.05) is 6.61 Å². The molecule has 1 fully saturated rings. The Balaban J connectivity index is 2.07. The lowest BCUT2D eigenvalue weighted by molar-refractivity contribution is -0.167. The molecule has 1 N–H and O–H groups in total. The summed E-state index contributed by atoms with van der Waals surface area (Å²) >= 11 is 0. The Hall–Kier alpha value is -1.39. The van der Waals surface area contributed by atoms with Crippen LogP contribution in [0.5, 0.6) is 0 Å². The molecule has 1 aliphatic rings. The Bertz CT molecular complexity index is 427. The summed E-state index contributed by atoms with van der Waals surface area (Å²) in [4.78, 5) is 11.4. The summed E-state index contributed by atoms with van der Waals surface area (Å²) in [6, 6.07) is 9.55. The lowest BCUT2D eigenvalue weighted by Gasteiger charge is -2.24. The summed E-state index contributed by atoms with van der Waals surface area (Å²) in [6.07, 6.45) is 0.363. The van der Waals surface area contributed by atoms with Crippen LogP contribution in [-0.4, -0.2) is 28.9 Å². The lowest BCUT2D eigenvalue weighted by atomic mass is 9.93. The molecule has 98 valence electrons. The van der Waals surface area contributed by atoms with Crippen molar-refractivity contribution < 1.29 is 19.4 Å². The van der Waals surface area contributed by atoms with E-state index < -0.39 is 17.2 Å². The van der Waals surface area contributed by atoms with Gasteiger partial charge >= 0.3 is 5.97 Å². The van der Waals surface area contributed by atoms with E-state index in [1.807, 2.05) is 44.2 Å². The SMILES string of the molecule is CC1(C)CC(OCc2ccccc2)(C(=O)O)CO1. The zero-order valence-corrected chi connectivity index (χ0v) is 10.7. The van der Waals surface area contributed by atoms with E-state index in [9.17, 15) is 9.90 Å². The molecule has 1 aliphatic heterocycles. The molecule has 1 aromatic rings. The molecule has 18 heavy (non-hydrogen) atoms. The van der Waals surface area contributed by atoms with Gasteiger partial charge in [0.05, 0.1) is 18.8 Å². The molecule has 4 nitrogen and oxygen atoms in total. The summed E-state index contributed by atoms with van der Waals surface area (Å²) in [6.45, 7) is 4.14. The topological polar surface area (TPSA) is 55.8 Å². The number of carboxylic acids is 1. The number of hydrogen-bond donors (Lipinski definition) is 1. The van der Waals surface area contributed by atoms with E-state index in [0.717, 1.165) is 5.56 Å². The highest BCUT2D eigenvalue weighted by Crippen LogP contribution is 2.36. The van der Waals surface area contributed by atoms with Crippen LogP contribution >= 0.6 is 0 Å². The standard InChI is InChI=1S/C14H18O4/c1-13(2)9-14(10-18-13,12(15)16)17-8-11-6-4-3-5-7-11/h3-7H,8-10H2,1-2H3,(H,15,16). The van der Waals surface area contributed by atoms with E-state index in [1.165, 1.54) is 0 Å². The van der Waals surface area contributed by atoms with Crippen LogP contribution in [0.15, 0.2) is 30.3 Å². The fraction of sp³-hybridized carbons (Fsp3) is 0.500. The van der Waals surface area contributed by atoms with Gasteiger partial charge in [-0.05, 0) is 19.4 Å². The molecule has 0 bridgehead atoms. The van der Waals surface area contributed by atoms with E-state index in [4.69, 9.17) is 9.47 Å². The molecule has 0 radical (unpaired) electrons. The van der Waals surface area contributed by atoms with Crippen molar-refractivity contribution in [3.63, 3.8) is 0 Å². The predicted octanol–water partition coefficient (Wildman–Crippen LogP) is 2.23. The van der Waals surface area contributed by atoms with E-state index in [0.29, 0.717) is 6.42 Å². The Kier molecular flexibility index (Phi) is 3.41. The zero-order valence-electron chi connectivity index (χ0n) is 10.7. The summed E-state index contributed by atoms with van der Waals surface area (Å²) in [5.74, 6) is -0.955. The van der Waals surface area contributed by atoms with Crippen molar-refractivity contribution >= 4 is 5.97 Å². The number of hydrogen-bond acceptors (Lipinski definition) is 3. The van der Waals surface area contributed by atoms with E-state index >= 15 is 0 Å². The first-order valence-electron chi connectivity index (χ1n) is 5.99.